The van der Waals surface area contributed by atoms with Crippen molar-refractivity contribution in [3.8, 4) is 0 Å². The highest BCUT2D eigenvalue weighted by molar-refractivity contribution is 5.93. The summed E-state index contributed by atoms with van der Waals surface area (Å²) in [5.41, 5.74) is 0.308. The second-order valence-corrected chi connectivity index (χ2v) is 7.22. The molecule has 0 spiro atoms. The monoisotopic (exact) mass is 436 g/mol. The molecular weight excluding hydrogens is 413 g/mol. The second-order valence-electron chi connectivity index (χ2n) is 7.22. The Morgan fingerprint density at radius 2 is 1.94 bits per heavy atom. The predicted octanol–water partition coefficient (Wildman–Crippen LogP) is 4.16. The first-order chi connectivity index (χ1) is 14.7. The fourth-order valence-corrected chi connectivity index (χ4v) is 3.51. The fourth-order valence-electron chi connectivity index (χ4n) is 3.51. The van der Waals surface area contributed by atoms with Gasteiger partial charge in [0.05, 0.1) is 18.6 Å². The molecule has 1 atom stereocenters. The summed E-state index contributed by atoms with van der Waals surface area (Å²) in [6.07, 6.45) is -2.57. The van der Waals surface area contributed by atoms with Gasteiger partial charge in [0.1, 0.15) is 5.82 Å². The maximum atomic E-state index is 13.3. The quantitative estimate of drug-likeness (QED) is 0.779. The first-order valence-corrected chi connectivity index (χ1v) is 9.70. The van der Waals surface area contributed by atoms with Crippen LogP contribution in [0.2, 0.25) is 0 Å². The van der Waals surface area contributed by atoms with Gasteiger partial charge in [0.25, 0.3) is 0 Å². The van der Waals surface area contributed by atoms with E-state index in [0.717, 1.165) is 6.07 Å². The van der Waals surface area contributed by atoms with E-state index in [2.05, 4.69) is 15.0 Å². The average molecular weight is 436 g/mol. The molecule has 1 aliphatic rings. The number of aromatic nitrogens is 1. The molecule has 166 valence electrons. The highest BCUT2D eigenvalue weighted by Gasteiger charge is 2.37. The molecule has 0 aliphatic carbocycles. The number of carbonyl (C=O) groups is 2. The number of ether oxygens (including phenoxy) is 1. The number of amides is 2. The van der Waals surface area contributed by atoms with Gasteiger partial charge in [-0.2, -0.15) is 13.2 Å². The Morgan fingerprint density at radius 3 is 2.58 bits per heavy atom. The zero-order valence-electron chi connectivity index (χ0n) is 17.1. The molecule has 1 fully saturated rings. The summed E-state index contributed by atoms with van der Waals surface area (Å²) in [6.45, 7) is 0.549. The number of anilines is 3. The molecule has 2 aromatic rings. The summed E-state index contributed by atoms with van der Waals surface area (Å²) in [5, 5.41) is 2.79. The Bertz CT molecular complexity index is 934. The van der Waals surface area contributed by atoms with Crippen LogP contribution in [0.3, 0.4) is 0 Å². The van der Waals surface area contributed by atoms with E-state index < -0.39 is 23.8 Å². The van der Waals surface area contributed by atoms with Crippen LogP contribution in [0, 0.1) is 5.92 Å². The molecule has 2 heterocycles. The van der Waals surface area contributed by atoms with Crippen molar-refractivity contribution in [3.05, 3.63) is 48.2 Å². The molecule has 0 saturated carbocycles. The summed E-state index contributed by atoms with van der Waals surface area (Å²) < 4.78 is 44.6. The minimum Gasteiger partial charge on any atom is -0.452 e. The van der Waals surface area contributed by atoms with Gasteiger partial charge in [-0.05, 0) is 49.2 Å². The van der Waals surface area contributed by atoms with Gasteiger partial charge >= 0.3 is 12.3 Å². The van der Waals surface area contributed by atoms with Crippen molar-refractivity contribution in [1.29, 1.82) is 0 Å². The number of methoxy groups -OCH3 is 1. The van der Waals surface area contributed by atoms with Crippen LogP contribution in [0.15, 0.2) is 42.6 Å². The van der Waals surface area contributed by atoms with E-state index in [-0.39, 0.29) is 18.3 Å². The smallest absolute Gasteiger partial charge is 0.419 e. The summed E-state index contributed by atoms with van der Waals surface area (Å²) in [4.78, 5) is 31.1. The highest BCUT2D eigenvalue weighted by Crippen LogP contribution is 2.36. The number of rotatable bonds is 4. The number of halogens is 3. The Balaban J connectivity index is 1.68. The number of hydrogen-bond donors (Lipinski definition) is 1. The van der Waals surface area contributed by atoms with Crippen molar-refractivity contribution in [3.63, 3.8) is 0 Å². The van der Waals surface area contributed by atoms with Crippen LogP contribution in [0.25, 0.3) is 0 Å². The van der Waals surface area contributed by atoms with Crippen molar-refractivity contribution in [1.82, 2.24) is 4.98 Å². The van der Waals surface area contributed by atoms with Gasteiger partial charge in [-0.15, -0.1) is 0 Å². The van der Waals surface area contributed by atoms with Crippen molar-refractivity contribution in [2.75, 3.05) is 42.4 Å². The van der Waals surface area contributed by atoms with Crippen LogP contribution in [-0.4, -0.2) is 44.2 Å². The number of hydrogen-bond acceptors (Lipinski definition) is 5. The minimum absolute atomic E-state index is 0.148. The number of nitrogens with one attached hydrogen (secondary N) is 1. The Hall–Kier alpha value is -3.30. The van der Waals surface area contributed by atoms with E-state index in [1.54, 1.807) is 31.3 Å². The number of pyridine rings is 1. The Morgan fingerprint density at radius 1 is 1.23 bits per heavy atom. The van der Waals surface area contributed by atoms with Crippen molar-refractivity contribution < 1.29 is 27.5 Å². The minimum atomic E-state index is -4.52. The summed E-state index contributed by atoms with van der Waals surface area (Å²) >= 11 is 0. The fraction of sp³-hybridized carbons (Fsp3) is 0.381. The van der Waals surface area contributed by atoms with Crippen molar-refractivity contribution in [2.24, 2.45) is 5.92 Å². The van der Waals surface area contributed by atoms with Gasteiger partial charge < -0.3 is 15.0 Å². The maximum Gasteiger partial charge on any atom is 0.419 e. The van der Waals surface area contributed by atoms with E-state index in [1.807, 2.05) is 0 Å². The first kappa shape index (κ1) is 22.4. The lowest BCUT2D eigenvalue weighted by atomic mass is 9.96. The van der Waals surface area contributed by atoms with Gasteiger partial charge in [0.15, 0.2) is 0 Å². The van der Waals surface area contributed by atoms with Gasteiger partial charge in [-0.25, -0.2) is 9.78 Å². The average Bonchev–Trinajstić information content (AvgIpc) is 2.78. The predicted molar refractivity (Wildman–Crippen MR) is 110 cm³/mol. The summed E-state index contributed by atoms with van der Waals surface area (Å²) in [5.74, 6) is -0.903. The zero-order valence-corrected chi connectivity index (χ0v) is 17.1. The van der Waals surface area contributed by atoms with Crippen LogP contribution in [0.1, 0.15) is 18.4 Å². The molecule has 0 bridgehead atoms. The third kappa shape index (κ3) is 5.25. The normalized spacial score (nSPS) is 16.5. The maximum absolute atomic E-state index is 13.3. The molecule has 1 N–H and O–H groups in total. The number of alkyl halides is 3. The largest absolute Gasteiger partial charge is 0.452 e. The van der Waals surface area contributed by atoms with Gasteiger partial charge in [0, 0.05) is 37.7 Å². The Labute approximate surface area is 177 Å². The molecule has 1 aliphatic heterocycles. The summed E-state index contributed by atoms with van der Waals surface area (Å²) in [6, 6.07) is 8.86. The lowest BCUT2D eigenvalue weighted by Gasteiger charge is -2.34. The van der Waals surface area contributed by atoms with Crippen LogP contribution in [-0.2, 0) is 15.7 Å². The third-order valence-electron chi connectivity index (χ3n) is 5.15. The molecule has 1 aromatic carbocycles. The van der Waals surface area contributed by atoms with Gasteiger partial charge in [-0.3, -0.25) is 9.69 Å². The van der Waals surface area contributed by atoms with Crippen molar-refractivity contribution in [2.45, 2.75) is 19.0 Å². The molecule has 7 nitrogen and oxygen atoms in total. The number of benzene rings is 1. The molecular formula is C21H23F3N4O3. The van der Waals surface area contributed by atoms with E-state index >= 15 is 0 Å². The molecule has 0 radical (unpaired) electrons. The van der Waals surface area contributed by atoms with Crippen LogP contribution in [0.4, 0.5) is 35.2 Å². The molecule has 1 saturated heterocycles. The van der Waals surface area contributed by atoms with Crippen molar-refractivity contribution >= 4 is 29.2 Å². The lowest BCUT2D eigenvalue weighted by molar-refractivity contribution is -0.137. The van der Waals surface area contributed by atoms with E-state index in [0.29, 0.717) is 30.8 Å². The third-order valence-corrected chi connectivity index (χ3v) is 5.15. The standard InChI is InChI=1S/C21H23F3N4O3/c1-27(20(30)31-2)16-9-7-15(8-10-16)26-19(29)14-5-4-12-28(13-14)18-17(21(22,23)24)6-3-11-25-18/h3,6-11,14H,4-5,12-13H2,1-2H3,(H,26,29). The second kappa shape index (κ2) is 9.23. The van der Waals surface area contributed by atoms with Gasteiger partial charge in [-0.1, -0.05) is 0 Å². The first-order valence-electron chi connectivity index (χ1n) is 9.70. The molecule has 10 heteroatoms. The topological polar surface area (TPSA) is 74.8 Å². The Kier molecular flexibility index (Phi) is 6.67. The SMILES string of the molecule is COC(=O)N(C)c1ccc(NC(=O)C2CCCN(c3ncccc3C(F)(F)F)C2)cc1. The number of piperidine rings is 1. The molecule has 1 aromatic heterocycles. The van der Waals surface area contributed by atoms with E-state index in [9.17, 15) is 22.8 Å². The lowest BCUT2D eigenvalue weighted by Crippen LogP contribution is -2.42. The van der Waals surface area contributed by atoms with E-state index in [4.69, 9.17) is 0 Å². The number of carbonyl (C=O) groups excluding carboxylic acids is 2. The number of nitrogens with zero attached hydrogens (tertiary/aromatic N) is 3. The summed E-state index contributed by atoms with van der Waals surface area (Å²) in [7, 11) is 2.84. The molecule has 31 heavy (non-hydrogen) atoms. The molecule has 1 unspecified atom stereocenters. The van der Waals surface area contributed by atoms with Crippen LogP contribution in [0.5, 0.6) is 0 Å². The van der Waals surface area contributed by atoms with E-state index in [1.165, 1.54) is 29.2 Å². The van der Waals surface area contributed by atoms with Crippen LogP contribution < -0.4 is 15.1 Å². The zero-order chi connectivity index (χ0) is 22.6. The molecule has 3 rings (SSSR count). The highest BCUT2D eigenvalue weighted by atomic mass is 19.4. The van der Waals surface area contributed by atoms with Gasteiger partial charge in [0.2, 0.25) is 5.91 Å². The van der Waals surface area contributed by atoms with Crippen LogP contribution >= 0.6 is 0 Å². The molecule has 2 amide bonds.